The fourth-order valence-corrected chi connectivity index (χ4v) is 2.29. The fraction of sp³-hybridized carbons (Fsp3) is 0.650. The third kappa shape index (κ3) is 15.5. The molecule has 0 aromatic rings. The number of aliphatic hydroxyl groups is 2. The Bertz CT molecular complexity index is 385. The highest BCUT2D eigenvalue weighted by atomic mass is 16.4. The first kappa shape index (κ1) is 22.6. The molecule has 0 amide bonds. The van der Waals surface area contributed by atoms with Crippen LogP contribution in [0.3, 0.4) is 0 Å². The van der Waals surface area contributed by atoms with E-state index >= 15 is 0 Å². The molecular formula is C20H34O4. The van der Waals surface area contributed by atoms with Crippen LogP contribution in [0.25, 0.3) is 0 Å². The standard InChI is InChI=1S/C20H34O4/c1-2-3-4-5-6-7-8-9-10-11-12-13-15-18(21)19(22)16-14-17-20(23)24/h9-13,15,18-19,21-22H,2-8,14,16-17H2,1H3,(H,23,24). The lowest BCUT2D eigenvalue weighted by Gasteiger charge is -2.13. The molecule has 0 aromatic heterocycles. The summed E-state index contributed by atoms with van der Waals surface area (Å²) in [6.07, 6.45) is 18.7. The normalized spacial score (nSPS) is 14.8. The van der Waals surface area contributed by atoms with Crippen molar-refractivity contribution < 1.29 is 20.1 Å². The number of unbranched alkanes of at least 4 members (excludes halogenated alkanes) is 6. The van der Waals surface area contributed by atoms with Crippen molar-refractivity contribution in [2.24, 2.45) is 0 Å². The summed E-state index contributed by atoms with van der Waals surface area (Å²) in [5.41, 5.74) is 0. The van der Waals surface area contributed by atoms with Crippen molar-refractivity contribution in [1.29, 1.82) is 0 Å². The van der Waals surface area contributed by atoms with Gasteiger partial charge in [0.25, 0.3) is 0 Å². The Labute approximate surface area is 146 Å². The number of allylic oxidation sites excluding steroid dienone is 5. The molecule has 0 saturated carbocycles. The molecule has 138 valence electrons. The molecular weight excluding hydrogens is 304 g/mol. The average molecular weight is 338 g/mol. The van der Waals surface area contributed by atoms with Crippen molar-refractivity contribution in [3.05, 3.63) is 36.5 Å². The van der Waals surface area contributed by atoms with E-state index < -0.39 is 18.2 Å². The van der Waals surface area contributed by atoms with Crippen LogP contribution in [0.5, 0.6) is 0 Å². The van der Waals surface area contributed by atoms with Gasteiger partial charge in [0.2, 0.25) is 0 Å². The number of carboxylic acid groups (broad SMARTS) is 1. The molecule has 2 unspecified atom stereocenters. The summed E-state index contributed by atoms with van der Waals surface area (Å²) >= 11 is 0. The third-order valence-electron chi connectivity index (χ3n) is 3.79. The Balaban J connectivity index is 3.70. The molecule has 0 bridgehead atoms. The molecule has 4 heteroatoms. The molecule has 0 fully saturated rings. The molecule has 0 saturated heterocycles. The van der Waals surface area contributed by atoms with Gasteiger partial charge in [-0.3, -0.25) is 4.79 Å². The van der Waals surface area contributed by atoms with Gasteiger partial charge in [0, 0.05) is 6.42 Å². The SMILES string of the molecule is CCCCCCCCC=CC=CC=CC(O)C(O)CCCC(=O)O. The van der Waals surface area contributed by atoms with Crippen LogP contribution in [0.4, 0.5) is 0 Å². The van der Waals surface area contributed by atoms with Crippen LogP contribution in [0.1, 0.15) is 71.1 Å². The van der Waals surface area contributed by atoms with E-state index in [1.54, 1.807) is 6.08 Å². The van der Waals surface area contributed by atoms with Crippen LogP contribution in [0, 0.1) is 0 Å². The Morgan fingerprint density at radius 1 is 0.917 bits per heavy atom. The van der Waals surface area contributed by atoms with Crippen molar-refractivity contribution in [2.45, 2.75) is 83.3 Å². The first-order valence-electron chi connectivity index (χ1n) is 9.15. The number of carboxylic acids is 1. The Kier molecular flexibility index (Phi) is 15.5. The van der Waals surface area contributed by atoms with Gasteiger partial charge in [-0.2, -0.15) is 0 Å². The summed E-state index contributed by atoms with van der Waals surface area (Å²) in [6, 6.07) is 0. The Hall–Kier alpha value is -1.39. The summed E-state index contributed by atoms with van der Waals surface area (Å²) < 4.78 is 0. The van der Waals surface area contributed by atoms with Crippen molar-refractivity contribution in [3.8, 4) is 0 Å². The van der Waals surface area contributed by atoms with Crippen LogP contribution in [0.15, 0.2) is 36.5 Å². The van der Waals surface area contributed by atoms with Gasteiger partial charge in [0.1, 0.15) is 0 Å². The quantitative estimate of drug-likeness (QED) is 0.306. The average Bonchev–Trinajstić information content (AvgIpc) is 2.55. The smallest absolute Gasteiger partial charge is 0.303 e. The van der Waals surface area contributed by atoms with Crippen LogP contribution in [0.2, 0.25) is 0 Å². The largest absolute Gasteiger partial charge is 0.481 e. The third-order valence-corrected chi connectivity index (χ3v) is 3.79. The van der Waals surface area contributed by atoms with Gasteiger partial charge in [0.05, 0.1) is 12.2 Å². The lowest BCUT2D eigenvalue weighted by molar-refractivity contribution is -0.137. The second kappa shape index (κ2) is 16.5. The number of hydrogen-bond acceptors (Lipinski definition) is 3. The maximum atomic E-state index is 10.4. The van der Waals surface area contributed by atoms with Crippen LogP contribution < -0.4 is 0 Å². The highest BCUT2D eigenvalue weighted by molar-refractivity contribution is 5.66. The monoisotopic (exact) mass is 338 g/mol. The van der Waals surface area contributed by atoms with Crippen molar-refractivity contribution >= 4 is 5.97 Å². The first-order chi connectivity index (χ1) is 11.6. The van der Waals surface area contributed by atoms with E-state index in [2.05, 4.69) is 13.0 Å². The summed E-state index contributed by atoms with van der Waals surface area (Å²) in [6.45, 7) is 2.22. The molecule has 2 atom stereocenters. The van der Waals surface area contributed by atoms with Crippen LogP contribution in [-0.2, 0) is 4.79 Å². The minimum atomic E-state index is -0.962. The van der Waals surface area contributed by atoms with Gasteiger partial charge in [-0.15, -0.1) is 0 Å². The molecule has 0 aromatic carbocycles. The highest BCUT2D eigenvalue weighted by Crippen LogP contribution is 2.08. The van der Waals surface area contributed by atoms with Gasteiger partial charge in [0.15, 0.2) is 0 Å². The van der Waals surface area contributed by atoms with E-state index in [1.807, 2.05) is 18.2 Å². The van der Waals surface area contributed by atoms with E-state index in [0.717, 1.165) is 6.42 Å². The topological polar surface area (TPSA) is 77.8 Å². The van der Waals surface area contributed by atoms with E-state index in [1.165, 1.54) is 44.6 Å². The van der Waals surface area contributed by atoms with E-state index in [9.17, 15) is 15.0 Å². The molecule has 4 nitrogen and oxygen atoms in total. The molecule has 0 aliphatic carbocycles. The predicted molar refractivity (Wildman–Crippen MR) is 98.9 cm³/mol. The lowest BCUT2D eigenvalue weighted by atomic mass is 10.1. The number of rotatable bonds is 15. The molecule has 0 spiro atoms. The summed E-state index contributed by atoms with van der Waals surface area (Å²) in [5.74, 6) is -0.886. The van der Waals surface area contributed by atoms with Crippen molar-refractivity contribution in [2.75, 3.05) is 0 Å². The maximum Gasteiger partial charge on any atom is 0.303 e. The van der Waals surface area contributed by atoms with Gasteiger partial charge >= 0.3 is 5.97 Å². The van der Waals surface area contributed by atoms with Gasteiger partial charge in [-0.05, 0) is 25.7 Å². The van der Waals surface area contributed by atoms with Crippen LogP contribution >= 0.6 is 0 Å². The molecule has 0 radical (unpaired) electrons. The highest BCUT2D eigenvalue weighted by Gasteiger charge is 2.12. The predicted octanol–water partition coefficient (Wildman–Crippen LogP) is 4.38. The Morgan fingerprint density at radius 2 is 1.58 bits per heavy atom. The molecule has 0 aliphatic rings. The van der Waals surface area contributed by atoms with E-state index in [-0.39, 0.29) is 12.8 Å². The summed E-state index contributed by atoms with van der Waals surface area (Å²) in [5, 5.41) is 27.9. The lowest BCUT2D eigenvalue weighted by Crippen LogP contribution is -2.23. The van der Waals surface area contributed by atoms with Crippen molar-refractivity contribution in [1.82, 2.24) is 0 Å². The molecule has 0 aliphatic heterocycles. The molecule has 3 N–H and O–H groups in total. The second-order valence-corrected chi connectivity index (χ2v) is 6.10. The second-order valence-electron chi connectivity index (χ2n) is 6.10. The number of hydrogen-bond donors (Lipinski definition) is 3. The minimum Gasteiger partial charge on any atom is -0.481 e. The molecule has 0 heterocycles. The zero-order chi connectivity index (χ0) is 18.0. The number of aliphatic hydroxyl groups excluding tert-OH is 2. The summed E-state index contributed by atoms with van der Waals surface area (Å²) in [7, 11) is 0. The van der Waals surface area contributed by atoms with Gasteiger partial charge in [-0.25, -0.2) is 0 Å². The minimum absolute atomic E-state index is 0.0107. The molecule has 0 rings (SSSR count). The number of aliphatic carboxylic acids is 1. The zero-order valence-electron chi connectivity index (χ0n) is 14.9. The summed E-state index contributed by atoms with van der Waals surface area (Å²) in [4.78, 5) is 10.4. The Morgan fingerprint density at radius 3 is 2.29 bits per heavy atom. The maximum absolute atomic E-state index is 10.4. The number of carbonyl (C=O) groups is 1. The zero-order valence-corrected chi connectivity index (χ0v) is 14.9. The first-order valence-corrected chi connectivity index (χ1v) is 9.15. The van der Waals surface area contributed by atoms with Crippen LogP contribution in [-0.4, -0.2) is 33.5 Å². The van der Waals surface area contributed by atoms with Gasteiger partial charge in [-0.1, -0.05) is 75.5 Å². The van der Waals surface area contributed by atoms with Crippen molar-refractivity contribution in [3.63, 3.8) is 0 Å². The van der Waals surface area contributed by atoms with E-state index in [0.29, 0.717) is 6.42 Å². The molecule has 24 heavy (non-hydrogen) atoms. The fourth-order valence-electron chi connectivity index (χ4n) is 2.29. The van der Waals surface area contributed by atoms with E-state index in [4.69, 9.17) is 5.11 Å². The van der Waals surface area contributed by atoms with Gasteiger partial charge < -0.3 is 15.3 Å².